The van der Waals surface area contributed by atoms with E-state index in [2.05, 4.69) is 9.88 Å². The van der Waals surface area contributed by atoms with E-state index in [-0.39, 0.29) is 12.0 Å². The van der Waals surface area contributed by atoms with Gasteiger partial charge in [-0.2, -0.15) is 4.31 Å². The van der Waals surface area contributed by atoms with Crippen molar-refractivity contribution in [3.63, 3.8) is 0 Å². The minimum absolute atomic E-state index is 0.143. The molecular formula is C13H21N3O3S2. The first-order chi connectivity index (χ1) is 9.93. The zero-order valence-electron chi connectivity index (χ0n) is 12.4. The molecule has 0 saturated carbocycles. The number of nitrogens with zero attached hydrogens (tertiary/aromatic N) is 3. The summed E-state index contributed by atoms with van der Waals surface area (Å²) in [5.41, 5.74) is 2.96. The summed E-state index contributed by atoms with van der Waals surface area (Å²) in [5, 5.41) is 0. The maximum absolute atomic E-state index is 11.8. The first-order valence-corrected chi connectivity index (χ1v) is 9.84. The Morgan fingerprint density at radius 2 is 2.24 bits per heavy atom. The lowest BCUT2D eigenvalue weighted by Crippen LogP contribution is -2.36. The van der Waals surface area contributed by atoms with Crippen LogP contribution in [0, 0.1) is 12.8 Å². The molecule has 8 heteroatoms. The van der Waals surface area contributed by atoms with Crippen molar-refractivity contribution < 1.29 is 13.2 Å². The molecule has 1 aromatic rings. The van der Waals surface area contributed by atoms with Crippen LogP contribution in [0.3, 0.4) is 0 Å². The number of hydrogen-bond acceptors (Lipinski definition) is 6. The van der Waals surface area contributed by atoms with E-state index >= 15 is 0 Å². The molecule has 2 aliphatic heterocycles. The molecule has 0 radical (unpaired) electrons. The molecule has 118 valence electrons. The Morgan fingerprint density at radius 1 is 1.43 bits per heavy atom. The van der Waals surface area contributed by atoms with E-state index in [1.54, 1.807) is 15.6 Å². The molecule has 0 bridgehead atoms. The fourth-order valence-corrected chi connectivity index (χ4v) is 4.75. The molecule has 1 aromatic heterocycles. The van der Waals surface area contributed by atoms with Crippen LogP contribution in [-0.4, -0.2) is 67.8 Å². The highest BCUT2D eigenvalue weighted by molar-refractivity contribution is 7.88. The number of aryl methyl sites for hydroxylation is 1. The molecule has 21 heavy (non-hydrogen) atoms. The van der Waals surface area contributed by atoms with Crippen molar-refractivity contribution >= 4 is 21.4 Å². The van der Waals surface area contributed by atoms with Crippen LogP contribution in [0.25, 0.3) is 0 Å². The molecule has 6 nitrogen and oxygen atoms in total. The molecule has 0 N–H and O–H groups in total. The molecule has 2 atom stereocenters. The number of likely N-dealkylation sites (tertiary alicyclic amines) is 1. The average Bonchev–Trinajstić information content (AvgIpc) is 2.90. The SMILES string of the molecule is Cc1ncsc1CN1C[C@H]2CN(S(C)(=O)=O)CCO[C@H]2C1. The Labute approximate surface area is 129 Å². The fourth-order valence-electron chi connectivity index (χ4n) is 3.06. The molecule has 2 saturated heterocycles. The zero-order chi connectivity index (χ0) is 15.0. The first-order valence-electron chi connectivity index (χ1n) is 7.11. The van der Waals surface area contributed by atoms with Gasteiger partial charge in [-0.1, -0.05) is 0 Å². The summed E-state index contributed by atoms with van der Waals surface area (Å²) in [6.07, 6.45) is 1.42. The maximum Gasteiger partial charge on any atom is 0.211 e. The second kappa shape index (κ2) is 5.92. The normalized spacial score (nSPS) is 28.5. The summed E-state index contributed by atoms with van der Waals surface area (Å²) in [6, 6.07) is 0. The van der Waals surface area contributed by atoms with Gasteiger partial charge in [0, 0.05) is 43.5 Å². The van der Waals surface area contributed by atoms with Crippen LogP contribution >= 0.6 is 11.3 Å². The Balaban J connectivity index is 1.66. The van der Waals surface area contributed by atoms with E-state index in [0.717, 1.165) is 25.3 Å². The van der Waals surface area contributed by atoms with E-state index < -0.39 is 10.0 Å². The van der Waals surface area contributed by atoms with Crippen LogP contribution in [0.2, 0.25) is 0 Å². The number of hydrogen-bond donors (Lipinski definition) is 0. The predicted octanol–water partition coefficient (Wildman–Crippen LogP) is 0.544. The van der Waals surface area contributed by atoms with E-state index in [1.165, 1.54) is 11.1 Å². The third-order valence-corrected chi connectivity index (χ3v) is 6.44. The maximum atomic E-state index is 11.8. The summed E-state index contributed by atoms with van der Waals surface area (Å²) in [6.45, 7) is 6.20. The standard InChI is InChI=1S/C13H21N3O3S2/c1-10-13(20-9-14-10)8-15-5-11-6-16(21(2,17)18)3-4-19-12(11)7-15/h9,11-12H,3-8H2,1-2H3/t11-,12-/m0/s1. The van der Waals surface area contributed by atoms with Crippen LogP contribution < -0.4 is 0 Å². The summed E-state index contributed by atoms with van der Waals surface area (Å²) < 4.78 is 30.9. The van der Waals surface area contributed by atoms with Crippen LogP contribution in [0.15, 0.2) is 5.51 Å². The van der Waals surface area contributed by atoms with E-state index in [9.17, 15) is 8.42 Å². The molecule has 2 fully saturated rings. The summed E-state index contributed by atoms with van der Waals surface area (Å²) in [7, 11) is -3.14. The summed E-state index contributed by atoms with van der Waals surface area (Å²) >= 11 is 1.68. The van der Waals surface area contributed by atoms with Gasteiger partial charge in [0.05, 0.1) is 30.2 Å². The van der Waals surface area contributed by atoms with Gasteiger partial charge < -0.3 is 4.74 Å². The van der Waals surface area contributed by atoms with Crippen LogP contribution in [0.1, 0.15) is 10.6 Å². The molecule has 0 aliphatic carbocycles. The number of fused-ring (bicyclic) bond motifs is 1. The molecule has 3 heterocycles. The summed E-state index contributed by atoms with van der Waals surface area (Å²) in [4.78, 5) is 7.91. The van der Waals surface area contributed by atoms with Gasteiger partial charge in [-0.15, -0.1) is 11.3 Å². The summed E-state index contributed by atoms with van der Waals surface area (Å²) in [5.74, 6) is 0.260. The molecule has 0 amide bonds. The third kappa shape index (κ3) is 3.45. The topological polar surface area (TPSA) is 62.7 Å². The monoisotopic (exact) mass is 331 g/mol. The molecule has 0 aromatic carbocycles. The van der Waals surface area contributed by atoms with Crippen molar-refractivity contribution in [1.29, 1.82) is 0 Å². The Bertz CT molecular complexity index is 602. The van der Waals surface area contributed by atoms with Crippen LogP contribution in [-0.2, 0) is 21.3 Å². The van der Waals surface area contributed by atoms with Crippen molar-refractivity contribution in [2.75, 3.05) is 39.0 Å². The highest BCUT2D eigenvalue weighted by Crippen LogP contribution is 2.27. The van der Waals surface area contributed by atoms with E-state index in [4.69, 9.17) is 4.74 Å². The Morgan fingerprint density at radius 3 is 2.90 bits per heavy atom. The number of sulfonamides is 1. The molecule has 2 aliphatic rings. The predicted molar refractivity (Wildman–Crippen MR) is 81.8 cm³/mol. The first kappa shape index (κ1) is 15.4. The number of aromatic nitrogens is 1. The van der Waals surface area contributed by atoms with E-state index in [1.807, 2.05) is 12.4 Å². The number of ether oxygens (including phenoxy) is 1. The van der Waals surface area contributed by atoms with Gasteiger partial charge in [-0.05, 0) is 6.92 Å². The van der Waals surface area contributed by atoms with Crippen LogP contribution in [0.4, 0.5) is 0 Å². The number of thiazole rings is 1. The minimum atomic E-state index is -3.14. The largest absolute Gasteiger partial charge is 0.375 e. The fraction of sp³-hybridized carbons (Fsp3) is 0.769. The average molecular weight is 331 g/mol. The van der Waals surface area contributed by atoms with Crippen molar-refractivity contribution in [2.24, 2.45) is 5.92 Å². The van der Waals surface area contributed by atoms with Gasteiger partial charge in [0.2, 0.25) is 10.0 Å². The smallest absolute Gasteiger partial charge is 0.211 e. The van der Waals surface area contributed by atoms with Gasteiger partial charge >= 0.3 is 0 Å². The van der Waals surface area contributed by atoms with Crippen molar-refractivity contribution in [2.45, 2.75) is 19.6 Å². The Kier molecular flexibility index (Phi) is 4.33. The lowest BCUT2D eigenvalue weighted by atomic mass is 10.1. The van der Waals surface area contributed by atoms with Gasteiger partial charge in [0.25, 0.3) is 0 Å². The van der Waals surface area contributed by atoms with Gasteiger partial charge in [0.1, 0.15) is 0 Å². The van der Waals surface area contributed by atoms with Gasteiger partial charge in [-0.3, -0.25) is 4.90 Å². The lowest BCUT2D eigenvalue weighted by Gasteiger charge is -2.21. The molecular weight excluding hydrogens is 310 g/mol. The Hall–Kier alpha value is -0.540. The van der Waals surface area contributed by atoms with Crippen LogP contribution in [0.5, 0.6) is 0 Å². The highest BCUT2D eigenvalue weighted by Gasteiger charge is 2.38. The number of rotatable bonds is 3. The van der Waals surface area contributed by atoms with Gasteiger partial charge in [-0.25, -0.2) is 13.4 Å². The minimum Gasteiger partial charge on any atom is -0.375 e. The molecule has 3 rings (SSSR count). The highest BCUT2D eigenvalue weighted by atomic mass is 32.2. The van der Waals surface area contributed by atoms with Crippen molar-refractivity contribution in [1.82, 2.24) is 14.2 Å². The van der Waals surface area contributed by atoms with Gasteiger partial charge in [0.15, 0.2) is 0 Å². The molecule has 0 spiro atoms. The zero-order valence-corrected chi connectivity index (χ0v) is 14.0. The second-order valence-corrected chi connectivity index (χ2v) is 8.77. The van der Waals surface area contributed by atoms with Crippen molar-refractivity contribution in [3.05, 3.63) is 16.1 Å². The lowest BCUT2D eigenvalue weighted by molar-refractivity contribution is 0.0519. The second-order valence-electron chi connectivity index (χ2n) is 5.85. The third-order valence-electron chi connectivity index (χ3n) is 4.25. The quantitative estimate of drug-likeness (QED) is 0.809. The molecule has 0 unspecified atom stereocenters. The van der Waals surface area contributed by atoms with E-state index in [0.29, 0.717) is 19.7 Å². The van der Waals surface area contributed by atoms with Crippen molar-refractivity contribution in [3.8, 4) is 0 Å².